The first-order valence-electron chi connectivity index (χ1n) is 6.37. The molecule has 5 heteroatoms. The van der Waals surface area contributed by atoms with E-state index in [-0.39, 0.29) is 6.04 Å². The summed E-state index contributed by atoms with van der Waals surface area (Å²) in [7, 11) is 0. The van der Waals surface area contributed by atoms with Crippen molar-refractivity contribution in [3.63, 3.8) is 0 Å². The second kappa shape index (κ2) is 5.09. The average Bonchev–Trinajstić information content (AvgIpc) is 2.46. The van der Waals surface area contributed by atoms with Crippen molar-refractivity contribution in [3.05, 3.63) is 48.0 Å². The number of nitrogens with two attached hydrogens (primary N) is 1. The third-order valence-corrected chi connectivity index (χ3v) is 3.30. The van der Waals surface area contributed by atoms with Crippen molar-refractivity contribution in [2.45, 2.75) is 6.04 Å². The Hall–Kier alpha value is -2.14. The Morgan fingerprint density at radius 1 is 1.20 bits per heavy atom. The number of nitrogens with one attached hydrogen (secondary N) is 1. The van der Waals surface area contributed by atoms with Gasteiger partial charge in [0.2, 0.25) is 0 Å². The van der Waals surface area contributed by atoms with Gasteiger partial charge in [-0.2, -0.15) is 0 Å². The Morgan fingerprint density at radius 2 is 2.00 bits per heavy atom. The molecule has 0 fully saturated rings. The Morgan fingerprint density at radius 3 is 2.75 bits per heavy atom. The zero-order valence-corrected chi connectivity index (χ0v) is 10.7. The summed E-state index contributed by atoms with van der Waals surface area (Å²) in [5.74, 6) is -0.486. The highest BCUT2D eigenvalue weighted by atomic mass is 19.1. The molecule has 3 rings (SSSR count). The molecule has 1 heterocycles. The highest BCUT2D eigenvalue weighted by molar-refractivity contribution is 5.83. The predicted octanol–water partition coefficient (Wildman–Crippen LogP) is 2.76. The van der Waals surface area contributed by atoms with Crippen LogP contribution in [0.2, 0.25) is 0 Å². The molecule has 0 aromatic heterocycles. The third-order valence-electron chi connectivity index (χ3n) is 3.30. The summed E-state index contributed by atoms with van der Waals surface area (Å²) in [6, 6.07) is 8.77. The Labute approximate surface area is 115 Å². The van der Waals surface area contributed by atoms with Crippen molar-refractivity contribution in [1.82, 2.24) is 0 Å². The number of rotatable bonds is 2. The van der Waals surface area contributed by atoms with Crippen LogP contribution in [0.4, 0.5) is 14.5 Å². The SMILES string of the molecule is NCC1COc2cc(F)cc(-c3ccccc3F)c2N1. The number of hydrogen-bond acceptors (Lipinski definition) is 3. The Balaban J connectivity index is 2.16. The third kappa shape index (κ3) is 2.20. The summed E-state index contributed by atoms with van der Waals surface area (Å²) in [5.41, 5.74) is 6.97. The first-order valence-corrected chi connectivity index (χ1v) is 6.37. The standard InChI is InChI=1S/C15H14F2N2O/c16-9-5-12(11-3-1-2-4-13(11)17)15-14(6-9)20-8-10(7-18)19-15/h1-6,10,19H,7-8,18H2. The maximum absolute atomic E-state index is 13.9. The van der Waals surface area contributed by atoms with Crippen LogP contribution in [-0.4, -0.2) is 19.2 Å². The second-order valence-electron chi connectivity index (χ2n) is 4.69. The van der Waals surface area contributed by atoms with Gasteiger partial charge in [-0.1, -0.05) is 18.2 Å². The van der Waals surface area contributed by atoms with Crippen molar-refractivity contribution in [2.75, 3.05) is 18.5 Å². The van der Waals surface area contributed by atoms with Crippen LogP contribution in [0.15, 0.2) is 36.4 Å². The minimum atomic E-state index is -0.463. The molecule has 1 unspecified atom stereocenters. The molecule has 0 aliphatic carbocycles. The van der Waals surface area contributed by atoms with E-state index in [0.717, 1.165) is 0 Å². The summed E-state index contributed by atoms with van der Waals surface area (Å²) in [6.45, 7) is 0.747. The second-order valence-corrected chi connectivity index (χ2v) is 4.69. The van der Waals surface area contributed by atoms with Crippen LogP contribution < -0.4 is 15.8 Å². The van der Waals surface area contributed by atoms with Crippen LogP contribution in [0.5, 0.6) is 5.75 Å². The van der Waals surface area contributed by atoms with Gasteiger partial charge in [-0.15, -0.1) is 0 Å². The molecular formula is C15H14F2N2O. The van der Waals surface area contributed by atoms with Crippen molar-refractivity contribution < 1.29 is 13.5 Å². The zero-order chi connectivity index (χ0) is 14.1. The average molecular weight is 276 g/mol. The zero-order valence-electron chi connectivity index (χ0n) is 10.7. The van der Waals surface area contributed by atoms with Crippen molar-refractivity contribution in [3.8, 4) is 16.9 Å². The van der Waals surface area contributed by atoms with E-state index >= 15 is 0 Å². The molecule has 0 saturated heterocycles. The number of benzene rings is 2. The molecule has 0 spiro atoms. The van der Waals surface area contributed by atoms with Gasteiger partial charge in [-0.05, 0) is 12.1 Å². The van der Waals surface area contributed by atoms with E-state index in [4.69, 9.17) is 10.5 Å². The highest BCUT2D eigenvalue weighted by Gasteiger charge is 2.23. The summed E-state index contributed by atoms with van der Waals surface area (Å²) in [6.07, 6.45) is 0. The lowest BCUT2D eigenvalue weighted by Crippen LogP contribution is -2.38. The minimum absolute atomic E-state index is 0.0708. The monoisotopic (exact) mass is 276 g/mol. The smallest absolute Gasteiger partial charge is 0.146 e. The molecule has 0 bridgehead atoms. The van der Waals surface area contributed by atoms with Gasteiger partial charge in [0.05, 0.1) is 11.7 Å². The number of hydrogen-bond donors (Lipinski definition) is 2. The molecule has 2 aromatic carbocycles. The number of anilines is 1. The van der Waals surface area contributed by atoms with E-state index in [1.165, 1.54) is 18.2 Å². The fourth-order valence-corrected chi connectivity index (χ4v) is 2.30. The van der Waals surface area contributed by atoms with Crippen LogP contribution in [0, 0.1) is 11.6 Å². The molecule has 3 nitrogen and oxygen atoms in total. The van der Waals surface area contributed by atoms with E-state index in [0.29, 0.717) is 35.7 Å². The number of ether oxygens (including phenoxy) is 1. The van der Waals surface area contributed by atoms with Crippen LogP contribution in [0.1, 0.15) is 0 Å². The van der Waals surface area contributed by atoms with E-state index in [1.807, 2.05) is 0 Å². The van der Waals surface area contributed by atoms with Crippen molar-refractivity contribution in [1.29, 1.82) is 0 Å². The molecule has 0 saturated carbocycles. The summed E-state index contributed by atoms with van der Waals surface area (Å²) < 4.78 is 33.1. The maximum Gasteiger partial charge on any atom is 0.146 e. The van der Waals surface area contributed by atoms with Gasteiger partial charge in [-0.3, -0.25) is 0 Å². The molecule has 3 N–H and O–H groups in total. The molecule has 1 aliphatic rings. The topological polar surface area (TPSA) is 47.3 Å². The van der Waals surface area contributed by atoms with Gasteiger partial charge in [0.1, 0.15) is 24.0 Å². The quantitative estimate of drug-likeness (QED) is 0.886. The Kier molecular flexibility index (Phi) is 3.28. The van der Waals surface area contributed by atoms with E-state index in [2.05, 4.69) is 5.32 Å². The molecule has 0 amide bonds. The number of fused-ring (bicyclic) bond motifs is 1. The Bertz CT molecular complexity index is 646. The van der Waals surface area contributed by atoms with E-state index < -0.39 is 11.6 Å². The van der Waals surface area contributed by atoms with Gasteiger partial charge < -0.3 is 15.8 Å². The summed E-state index contributed by atoms with van der Waals surface area (Å²) in [5, 5.41) is 3.18. The molecule has 1 aliphatic heterocycles. The van der Waals surface area contributed by atoms with Gasteiger partial charge >= 0.3 is 0 Å². The van der Waals surface area contributed by atoms with Crippen molar-refractivity contribution in [2.24, 2.45) is 5.73 Å². The minimum Gasteiger partial charge on any atom is -0.489 e. The summed E-state index contributed by atoms with van der Waals surface area (Å²) >= 11 is 0. The fourth-order valence-electron chi connectivity index (χ4n) is 2.30. The molecule has 0 radical (unpaired) electrons. The van der Waals surface area contributed by atoms with E-state index in [1.54, 1.807) is 18.2 Å². The molecule has 20 heavy (non-hydrogen) atoms. The lowest BCUT2D eigenvalue weighted by molar-refractivity contribution is 0.285. The van der Waals surface area contributed by atoms with Gasteiger partial charge in [0, 0.05) is 23.7 Å². The first kappa shape index (κ1) is 12.9. The van der Waals surface area contributed by atoms with Gasteiger partial charge in [0.25, 0.3) is 0 Å². The lowest BCUT2D eigenvalue weighted by atomic mass is 10.0. The number of halogens is 2. The predicted molar refractivity (Wildman–Crippen MR) is 73.8 cm³/mol. The van der Waals surface area contributed by atoms with Crippen molar-refractivity contribution >= 4 is 5.69 Å². The van der Waals surface area contributed by atoms with Crippen LogP contribution in [0.3, 0.4) is 0 Å². The molecular weight excluding hydrogens is 262 g/mol. The highest BCUT2D eigenvalue weighted by Crippen LogP contribution is 2.40. The molecule has 104 valence electrons. The van der Waals surface area contributed by atoms with Gasteiger partial charge in [0.15, 0.2) is 0 Å². The van der Waals surface area contributed by atoms with Crippen LogP contribution in [0.25, 0.3) is 11.1 Å². The normalized spacial score (nSPS) is 17.1. The largest absolute Gasteiger partial charge is 0.489 e. The van der Waals surface area contributed by atoms with Crippen LogP contribution >= 0.6 is 0 Å². The van der Waals surface area contributed by atoms with Crippen LogP contribution in [-0.2, 0) is 0 Å². The first-order chi connectivity index (χ1) is 9.69. The van der Waals surface area contributed by atoms with Gasteiger partial charge in [-0.25, -0.2) is 8.78 Å². The molecule has 2 aromatic rings. The fraction of sp³-hybridized carbons (Fsp3) is 0.200. The maximum atomic E-state index is 13.9. The molecule has 1 atom stereocenters. The van der Waals surface area contributed by atoms with E-state index in [9.17, 15) is 8.78 Å². The summed E-state index contributed by atoms with van der Waals surface area (Å²) in [4.78, 5) is 0. The lowest BCUT2D eigenvalue weighted by Gasteiger charge is -2.28.